The second kappa shape index (κ2) is 6.91. The third-order valence-electron chi connectivity index (χ3n) is 3.82. The molecule has 0 radical (unpaired) electrons. The van der Waals surface area contributed by atoms with Crippen molar-refractivity contribution in [3.8, 4) is 0 Å². The molecule has 1 atom stereocenters. The summed E-state index contributed by atoms with van der Waals surface area (Å²) in [5.74, 6) is -0.546. The van der Waals surface area contributed by atoms with Crippen molar-refractivity contribution in [2.24, 2.45) is 11.7 Å². The Hall–Kier alpha value is -1.59. The maximum Gasteiger partial charge on any atom is 0.238 e. The van der Waals surface area contributed by atoms with Crippen molar-refractivity contribution in [2.75, 3.05) is 25.0 Å². The summed E-state index contributed by atoms with van der Waals surface area (Å²) in [6.07, 6.45) is 1.69. The highest BCUT2D eigenvalue weighted by molar-refractivity contribution is 6.31. The molecule has 21 heavy (non-hydrogen) atoms. The largest absolute Gasteiger partial charge is 0.369 e. The first kappa shape index (κ1) is 15.8. The zero-order valence-corrected chi connectivity index (χ0v) is 12.8. The van der Waals surface area contributed by atoms with E-state index < -0.39 is 0 Å². The lowest BCUT2D eigenvalue weighted by Crippen LogP contribution is -2.44. The molecule has 1 aliphatic heterocycles. The highest BCUT2D eigenvalue weighted by Gasteiger charge is 2.25. The standard InChI is InChI=1S/C15H20ClN3O2/c1-10-12(16)5-2-6-13(10)18-14(20)9-19-7-3-4-11(8-19)15(17)21/h2,5-6,11H,3-4,7-9H2,1H3,(H2,17,21)(H,18,20). The van der Waals surface area contributed by atoms with Gasteiger partial charge in [0.15, 0.2) is 0 Å². The maximum atomic E-state index is 12.1. The number of nitrogens with one attached hydrogen (secondary N) is 1. The van der Waals surface area contributed by atoms with Crippen LogP contribution in [0.4, 0.5) is 5.69 Å². The lowest BCUT2D eigenvalue weighted by molar-refractivity contribution is -0.125. The summed E-state index contributed by atoms with van der Waals surface area (Å²) in [5, 5.41) is 3.49. The topological polar surface area (TPSA) is 75.4 Å². The van der Waals surface area contributed by atoms with Gasteiger partial charge in [0.25, 0.3) is 0 Å². The number of nitrogens with two attached hydrogens (primary N) is 1. The molecule has 3 N–H and O–H groups in total. The van der Waals surface area contributed by atoms with Crippen LogP contribution in [-0.4, -0.2) is 36.3 Å². The van der Waals surface area contributed by atoms with E-state index in [9.17, 15) is 9.59 Å². The number of hydrogen-bond donors (Lipinski definition) is 2. The second-order valence-electron chi connectivity index (χ2n) is 5.44. The fourth-order valence-corrected chi connectivity index (χ4v) is 2.74. The van der Waals surface area contributed by atoms with Gasteiger partial charge in [-0.3, -0.25) is 14.5 Å². The van der Waals surface area contributed by atoms with Gasteiger partial charge in [0.05, 0.1) is 12.5 Å². The molecule has 1 heterocycles. The van der Waals surface area contributed by atoms with Crippen LogP contribution in [0.5, 0.6) is 0 Å². The molecule has 0 saturated carbocycles. The summed E-state index contributed by atoms with van der Waals surface area (Å²) in [6.45, 7) is 3.49. The Morgan fingerprint density at radius 3 is 2.95 bits per heavy atom. The molecule has 0 aromatic heterocycles. The number of carbonyl (C=O) groups excluding carboxylic acids is 2. The molecule has 5 nitrogen and oxygen atoms in total. The third-order valence-corrected chi connectivity index (χ3v) is 4.23. The number of halogens is 1. The minimum Gasteiger partial charge on any atom is -0.369 e. The van der Waals surface area contributed by atoms with Crippen molar-refractivity contribution in [2.45, 2.75) is 19.8 Å². The summed E-state index contributed by atoms with van der Waals surface area (Å²) in [4.78, 5) is 25.3. The van der Waals surface area contributed by atoms with Gasteiger partial charge in [0.2, 0.25) is 11.8 Å². The zero-order chi connectivity index (χ0) is 15.4. The summed E-state index contributed by atoms with van der Waals surface area (Å²) in [7, 11) is 0. The van der Waals surface area contributed by atoms with E-state index in [4.69, 9.17) is 17.3 Å². The van der Waals surface area contributed by atoms with E-state index in [-0.39, 0.29) is 24.3 Å². The molecule has 1 aromatic rings. The number of nitrogens with zero attached hydrogens (tertiary/aromatic N) is 1. The number of carbonyl (C=O) groups is 2. The number of likely N-dealkylation sites (tertiary alicyclic amines) is 1. The number of benzene rings is 1. The Balaban J connectivity index is 1.92. The number of anilines is 1. The molecule has 0 spiro atoms. The van der Waals surface area contributed by atoms with Crippen LogP contribution in [0.25, 0.3) is 0 Å². The molecule has 1 fully saturated rings. The van der Waals surface area contributed by atoms with Crippen molar-refractivity contribution in [1.82, 2.24) is 4.90 Å². The first-order chi connectivity index (χ1) is 9.97. The summed E-state index contributed by atoms with van der Waals surface area (Å²) in [6, 6.07) is 5.41. The molecule has 1 aliphatic rings. The van der Waals surface area contributed by atoms with Gasteiger partial charge in [-0.05, 0) is 44.0 Å². The van der Waals surface area contributed by atoms with Gasteiger partial charge in [-0.25, -0.2) is 0 Å². The second-order valence-corrected chi connectivity index (χ2v) is 5.84. The van der Waals surface area contributed by atoms with Crippen molar-refractivity contribution < 1.29 is 9.59 Å². The quantitative estimate of drug-likeness (QED) is 0.890. The van der Waals surface area contributed by atoms with Crippen LogP contribution in [-0.2, 0) is 9.59 Å². The molecule has 0 aliphatic carbocycles. The van der Waals surface area contributed by atoms with Crippen LogP contribution in [0.3, 0.4) is 0 Å². The summed E-state index contributed by atoms with van der Waals surface area (Å²) < 4.78 is 0. The van der Waals surface area contributed by atoms with Crippen molar-refractivity contribution in [3.63, 3.8) is 0 Å². The lowest BCUT2D eigenvalue weighted by Gasteiger charge is -2.30. The zero-order valence-electron chi connectivity index (χ0n) is 12.1. The van der Waals surface area contributed by atoms with E-state index in [1.54, 1.807) is 12.1 Å². The normalized spacial score (nSPS) is 19.2. The molecular formula is C15H20ClN3O2. The number of piperidine rings is 1. The molecule has 114 valence electrons. The molecule has 6 heteroatoms. The smallest absolute Gasteiger partial charge is 0.238 e. The average Bonchev–Trinajstić information content (AvgIpc) is 2.44. The molecule has 1 saturated heterocycles. The van der Waals surface area contributed by atoms with Crippen LogP contribution in [0.15, 0.2) is 18.2 Å². The first-order valence-corrected chi connectivity index (χ1v) is 7.42. The van der Waals surface area contributed by atoms with E-state index >= 15 is 0 Å². The average molecular weight is 310 g/mol. The van der Waals surface area contributed by atoms with Crippen LogP contribution in [0.1, 0.15) is 18.4 Å². The van der Waals surface area contributed by atoms with E-state index in [0.29, 0.717) is 11.6 Å². The van der Waals surface area contributed by atoms with Gasteiger partial charge in [0.1, 0.15) is 0 Å². The summed E-state index contributed by atoms with van der Waals surface area (Å²) in [5.41, 5.74) is 6.91. The number of rotatable bonds is 4. The Morgan fingerprint density at radius 1 is 1.48 bits per heavy atom. The van der Waals surface area contributed by atoms with Gasteiger partial charge >= 0.3 is 0 Å². The SMILES string of the molecule is Cc1c(Cl)cccc1NC(=O)CN1CCCC(C(N)=O)C1. The first-order valence-electron chi connectivity index (χ1n) is 7.04. The van der Waals surface area contributed by atoms with E-state index in [1.165, 1.54) is 0 Å². The van der Waals surface area contributed by atoms with Gasteiger partial charge < -0.3 is 11.1 Å². The maximum absolute atomic E-state index is 12.1. The van der Waals surface area contributed by atoms with Crippen LogP contribution >= 0.6 is 11.6 Å². The fourth-order valence-electron chi connectivity index (χ4n) is 2.57. The predicted octanol–water partition coefficient (Wildman–Crippen LogP) is 1.78. The number of amides is 2. The monoisotopic (exact) mass is 309 g/mol. The fraction of sp³-hybridized carbons (Fsp3) is 0.467. The van der Waals surface area contributed by atoms with Gasteiger partial charge in [0, 0.05) is 17.3 Å². The van der Waals surface area contributed by atoms with E-state index in [0.717, 1.165) is 30.6 Å². The number of hydrogen-bond acceptors (Lipinski definition) is 3. The van der Waals surface area contributed by atoms with Gasteiger partial charge in [-0.2, -0.15) is 0 Å². The van der Waals surface area contributed by atoms with Gasteiger partial charge in [-0.1, -0.05) is 17.7 Å². The highest BCUT2D eigenvalue weighted by atomic mass is 35.5. The Bertz CT molecular complexity index is 548. The molecule has 2 amide bonds. The molecule has 2 rings (SSSR count). The van der Waals surface area contributed by atoms with Crippen LogP contribution in [0, 0.1) is 12.8 Å². The van der Waals surface area contributed by atoms with Crippen molar-refractivity contribution in [1.29, 1.82) is 0 Å². The molecule has 1 unspecified atom stereocenters. The molecule has 1 aromatic carbocycles. The third kappa shape index (κ3) is 4.19. The minimum atomic E-state index is -0.286. The van der Waals surface area contributed by atoms with E-state index in [1.807, 2.05) is 17.9 Å². The van der Waals surface area contributed by atoms with E-state index in [2.05, 4.69) is 5.32 Å². The Labute approximate surface area is 129 Å². The summed E-state index contributed by atoms with van der Waals surface area (Å²) >= 11 is 6.03. The highest BCUT2D eigenvalue weighted by Crippen LogP contribution is 2.23. The van der Waals surface area contributed by atoms with Crippen molar-refractivity contribution >= 4 is 29.1 Å². The predicted molar refractivity (Wildman–Crippen MR) is 83.2 cm³/mol. The Kier molecular flexibility index (Phi) is 5.20. The Morgan fingerprint density at radius 2 is 2.24 bits per heavy atom. The molecule has 0 bridgehead atoms. The molecular weight excluding hydrogens is 290 g/mol. The van der Waals surface area contributed by atoms with Gasteiger partial charge in [-0.15, -0.1) is 0 Å². The van der Waals surface area contributed by atoms with Crippen LogP contribution in [0.2, 0.25) is 5.02 Å². The van der Waals surface area contributed by atoms with Crippen LogP contribution < -0.4 is 11.1 Å². The minimum absolute atomic E-state index is 0.106. The van der Waals surface area contributed by atoms with Crippen molar-refractivity contribution in [3.05, 3.63) is 28.8 Å². The number of primary amides is 1. The lowest BCUT2D eigenvalue weighted by atomic mass is 9.97.